The fourth-order valence-corrected chi connectivity index (χ4v) is 6.85. The highest BCUT2D eigenvalue weighted by Crippen LogP contribution is 2.45. The summed E-state index contributed by atoms with van der Waals surface area (Å²) in [5.41, 5.74) is 2.43. The lowest BCUT2D eigenvalue weighted by atomic mass is 10.1. The Bertz CT molecular complexity index is 1580. The molecule has 38 heavy (non-hydrogen) atoms. The van der Waals surface area contributed by atoms with Crippen LogP contribution in [-0.4, -0.2) is 63.5 Å². The van der Waals surface area contributed by atoms with Gasteiger partial charge in [-0.1, -0.05) is 47.5 Å². The third kappa shape index (κ3) is 4.98. The molecule has 0 spiro atoms. The quantitative estimate of drug-likeness (QED) is 0.440. The van der Waals surface area contributed by atoms with Crippen molar-refractivity contribution in [1.82, 2.24) is 14.8 Å². The fourth-order valence-electron chi connectivity index (χ4n) is 4.60. The number of benzene rings is 2. The number of halogens is 2. The number of piperazine rings is 1. The Balaban J connectivity index is 1.46. The van der Waals surface area contributed by atoms with Crippen LogP contribution in [0.25, 0.3) is 11.0 Å². The molecule has 11 heteroatoms. The minimum Gasteiger partial charge on any atom is -0.495 e. The summed E-state index contributed by atoms with van der Waals surface area (Å²) < 4.78 is 32.9. The summed E-state index contributed by atoms with van der Waals surface area (Å²) in [6.45, 7) is 4.87. The maximum absolute atomic E-state index is 13.8. The summed E-state index contributed by atoms with van der Waals surface area (Å²) in [5, 5.41) is 13.3. The summed E-state index contributed by atoms with van der Waals surface area (Å²) in [6, 6.07) is 12.6. The number of likely N-dealkylation sites (N-methyl/N-ethyl adjacent to an activating group) is 1. The van der Waals surface area contributed by atoms with Crippen LogP contribution in [0.4, 0.5) is 11.4 Å². The number of pyridine rings is 1. The van der Waals surface area contributed by atoms with E-state index in [1.165, 1.54) is 25.4 Å². The number of ether oxygens (including phenoxy) is 1. The third-order valence-electron chi connectivity index (χ3n) is 6.75. The second-order valence-corrected chi connectivity index (χ2v) is 11.9. The Morgan fingerprint density at radius 3 is 2.47 bits per heavy atom. The van der Waals surface area contributed by atoms with Gasteiger partial charge in [0, 0.05) is 45.0 Å². The SMILES string of the molecule is COc1cc(Nc2c(C#N)cnc3c2S(=O)(=O)C(c2ccc(CN4CCN(C)CC4)cc2)=C3)c(Cl)cc1Cl. The molecule has 0 saturated carbocycles. The molecule has 8 nitrogen and oxygen atoms in total. The average Bonchev–Trinajstić information content (AvgIpc) is 3.18. The highest BCUT2D eigenvalue weighted by atomic mass is 35.5. The lowest BCUT2D eigenvalue weighted by Crippen LogP contribution is -2.43. The van der Waals surface area contributed by atoms with Crippen LogP contribution >= 0.6 is 23.2 Å². The second-order valence-electron chi connectivity index (χ2n) is 9.25. The van der Waals surface area contributed by atoms with Crippen LogP contribution in [0.3, 0.4) is 0 Å². The second kappa shape index (κ2) is 10.6. The maximum atomic E-state index is 13.8. The molecule has 1 fully saturated rings. The van der Waals surface area contributed by atoms with E-state index in [1.54, 1.807) is 6.07 Å². The van der Waals surface area contributed by atoms with Gasteiger partial charge in [-0.05, 0) is 30.3 Å². The molecule has 0 aliphatic carbocycles. The lowest BCUT2D eigenvalue weighted by Gasteiger charge is -2.32. The zero-order valence-electron chi connectivity index (χ0n) is 20.8. The Hall–Kier alpha value is -3.13. The Morgan fingerprint density at radius 1 is 1.11 bits per heavy atom. The van der Waals surface area contributed by atoms with Gasteiger partial charge in [0.15, 0.2) is 0 Å². The summed E-state index contributed by atoms with van der Waals surface area (Å²) >= 11 is 12.5. The summed E-state index contributed by atoms with van der Waals surface area (Å²) in [7, 11) is -0.417. The van der Waals surface area contributed by atoms with Crippen molar-refractivity contribution < 1.29 is 13.2 Å². The minimum absolute atomic E-state index is 0.0643. The van der Waals surface area contributed by atoms with Gasteiger partial charge < -0.3 is 15.0 Å². The van der Waals surface area contributed by atoms with Gasteiger partial charge in [-0.2, -0.15) is 5.26 Å². The van der Waals surface area contributed by atoms with E-state index < -0.39 is 9.84 Å². The van der Waals surface area contributed by atoms with Crippen molar-refractivity contribution in [3.05, 3.63) is 75.0 Å². The fraction of sp³-hybridized carbons (Fsp3) is 0.259. The number of aromatic nitrogens is 1. The van der Waals surface area contributed by atoms with Crippen LogP contribution in [0.2, 0.25) is 10.0 Å². The highest BCUT2D eigenvalue weighted by Gasteiger charge is 2.36. The number of nitrogens with one attached hydrogen (secondary N) is 1. The predicted octanol–water partition coefficient (Wildman–Crippen LogP) is 5.05. The molecular weight excluding hydrogens is 545 g/mol. The standard InChI is InChI=1S/C27H25Cl2N5O3S/c1-33-7-9-34(10-8-33)16-17-3-5-18(6-4-17)25-13-23-27(38(25,35)36)26(19(14-30)15-31-23)32-22-12-24(37-2)21(29)11-20(22)28/h3-6,11-13,15H,7-10,16H2,1-2H3,(H,31,32). The number of hydrogen-bond acceptors (Lipinski definition) is 8. The minimum atomic E-state index is -4.00. The normalized spacial score (nSPS) is 17.0. The van der Waals surface area contributed by atoms with Gasteiger partial charge in [-0.15, -0.1) is 0 Å². The first-order valence-electron chi connectivity index (χ1n) is 11.9. The molecule has 0 unspecified atom stereocenters. The molecule has 3 heterocycles. The number of fused-ring (bicyclic) bond motifs is 1. The van der Waals surface area contributed by atoms with Crippen LogP contribution in [0.5, 0.6) is 5.75 Å². The van der Waals surface area contributed by atoms with Gasteiger partial charge >= 0.3 is 0 Å². The topological polar surface area (TPSA) is 98.6 Å². The van der Waals surface area contributed by atoms with Gasteiger partial charge in [-0.3, -0.25) is 9.88 Å². The first kappa shape index (κ1) is 26.5. The van der Waals surface area contributed by atoms with Crippen LogP contribution in [0.15, 0.2) is 47.5 Å². The van der Waals surface area contributed by atoms with Crippen molar-refractivity contribution in [2.75, 3.05) is 45.7 Å². The maximum Gasteiger partial charge on any atom is 0.211 e. The number of anilines is 2. The van der Waals surface area contributed by atoms with E-state index >= 15 is 0 Å². The van der Waals surface area contributed by atoms with Crippen LogP contribution in [0.1, 0.15) is 22.4 Å². The molecule has 3 aromatic rings. The van der Waals surface area contributed by atoms with Crippen molar-refractivity contribution in [1.29, 1.82) is 5.26 Å². The van der Waals surface area contributed by atoms with Gasteiger partial charge in [0.25, 0.3) is 0 Å². The molecule has 1 aromatic heterocycles. The first-order chi connectivity index (χ1) is 18.2. The largest absolute Gasteiger partial charge is 0.495 e. The van der Waals surface area contributed by atoms with Gasteiger partial charge in [0.1, 0.15) is 16.7 Å². The van der Waals surface area contributed by atoms with Crippen molar-refractivity contribution in [3.8, 4) is 11.8 Å². The predicted molar refractivity (Wildman–Crippen MR) is 150 cm³/mol. The highest BCUT2D eigenvalue weighted by molar-refractivity contribution is 8.01. The number of nitrogens with zero attached hydrogens (tertiary/aromatic N) is 4. The molecule has 2 aliphatic heterocycles. The Kier molecular flexibility index (Phi) is 7.36. The van der Waals surface area contributed by atoms with Crippen molar-refractivity contribution in [3.63, 3.8) is 0 Å². The molecule has 0 atom stereocenters. The molecule has 0 bridgehead atoms. The number of methoxy groups -OCH3 is 1. The Labute approximate surface area is 232 Å². The van der Waals surface area contributed by atoms with Crippen molar-refractivity contribution in [2.24, 2.45) is 0 Å². The number of nitriles is 1. The average molecular weight is 571 g/mol. The molecule has 1 N–H and O–H groups in total. The molecule has 5 rings (SSSR count). The molecule has 0 radical (unpaired) electrons. The Morgan fingerprint density at radius 2 is 1.82 bits per heavy atom. The van der Waals surface area contributed by atoms with Gasteiger partial charge in [-0.25, -0.2) is 8.42 Å². The third-order valence-corrected chi connectivity index (χ3v) is 9.24. The van der Waals surface area contributed by atoms with Gasteiger partial charge in [0.05, 0.1) is 44.7 Å². The molecular formula is C27H25Cl2N5O3S. The zero-order valence-corrected chi connectivity index (χ0v) is 23.2. The van der Waals surface area contributed by atoms with Gasteiger partial charge in [0.2, 0.25) is 9.84 Å². The monoisotopic (exact) mass is 569 g/mol. The van der Waals surface area contributed by atoms with E-state index in [0.717, 1.165) is 38.3 Å². The van der Waals surface area contributed by atoms with Crippen molar-refractivity contribution in [2.45, 2.75) is 11.4 Å². The zero-order chi connectivity index (χ0) is 27.0. The molecule has 0 amide bonds. The number of hydrogen-bond donors (Lipinski definition) is 1. The van der Waals surface area contributed by atoms with E-state index in [-0.39, 0.29) is 31.8 Å². The summed E-state index contributed by atoms with van der Waals surface area (Å²) in [4.78, 5) is 9.02. The summed E-state index contributed by atoms with van der Waals surface area (Å²) in [5.74, 6) is 0.348. The lowest BCUT2D eigenvalue weighted by molar-refractivity contribution is 0.148. The molecule has 2 aliphatic rings. The van der Waals surface area contributed by atoms with E-state index in [4.69, 9.17) is 27.9 Å². The van der Waals surface area contributed by atoms with E-state index in [0.29, 0.717) is 22.0 Å². The smallest absolute Gasteiger partial charge is 0.211 e. The van der Waals surface area contributed by atoms with E-state index in [2.05, 4.69) is 27.1 Å². The van der Waals surface area contributed by atoms with Crippen LogP contribution < -0.4 is 10.1 Å². The molecule has 196 valence electrons. The molecule has 2 aromatic carbocycles. The van der Waals surface area contributed by atoms with Crippen molar-refractivity contribution >= 4 is 55.4 Å². The molecule has 1 saturated heterocycles. The van der Waals surface area contributed by atoms with Crippen LogP contribution in [0, 0.1) is 11.3 Å². The number of rotatable bonds is 6. The summed E-state index contributed by atoms with van der Waals surface area (Å²) in [6.07, 6.45) is 2.88. The first-order valence-corrected chi connectivity index (χ1v) is 14.2. The number of sulfone groups is 1. The van der Waals surface area contributed by atoms with E-state index in [9.17, 15) is 13.7 Å². The van der Waals surface area contributed by atoms with E-state index in [1.807, 2.05) is 30.3 Å². The van der Waals surface area contributed by atoms with Crippen LogP contribution in [-0.2, 0) is 16.4 Å².